The van der Waals surface area contributed by atoms with E-state index in [1.165, 1.54) is 5.56 Å². The summed E-state index contributed by atoms with van der Waals surface area (Å²) in [6.07, 6.45) is 5.43. The zero-order valence-corrected chi connectivity index (χ0v) is 20.2. The molecule has 8 nitrogen and oxygen atoms in total. The number of hydrogen-bond donors (Lipinski definition) is 1. The number of anilines is 1. The second kappa shape index (κ2) is 11.8. The maximum absolute atomic E-state index is 12.6. The maximum Gasteiger partial charge on any atom is 0.246 e. The number of rotatable bonds is 7. The third kappa shape index (κ3) is 6.35. The number of carbonyl (C=O) groups excluding carboxylic acids is 1. The Morgan fingerprint density at radius 3 is 2.83 bits per heavy atom. The number of nitrogens with one attached hydrogen (secondary N) is 1. The highest BCUT2D eigenvalue weighted by Crippen LogP contribution is 2.16. The van der Waals surface area contributed by atoms with Crippen molar-refractivity contribution >= 4 is 41.5 Å². The number of benzene rings is 1. The van der Waals surface area contributed by atoms with Gasteiger partial charge in [0.25, 0.3) is 0 Å². The van der Waals surface area contributed by atoms with Crippen molar-refractivity contribution in [1.29, 1.82) is 0 Å². The van der Waals surface area contributed by atoms with E-state index in [1.54, 1.807) is 22.8 Å². The Labute approximate surface area is 195 Å². The van der Waals surface area contributed by atoms with Gasteiger partial charge in [-0.05, 0) is 30.5 Å². The van der Waals surface area contributed by atoms with Crippen molar-refractivity contribution in [2.24, 2.45) is 12.0 Å². The van der Waals surface area contributed by atoms with Gasteiger partial charge in [0.1, 0.15) is 12.3 Å². The first-order chi connectivity index (χ1) is 14.1. The smallest absolute Gasteiger partial charge is 0.246 e. The molecule has 1 saturated heterocycles. The quantitative estimate of drug-likeness (QED) is 0.341. The number of halogens is 1. The van der Waals surface area contributed by atoms with Crippen LogP contribution in [0, 0.1) is 0 Å². The lowest BCUT2D eigenvalue weighted by atomic mass is 10.1. The Morgan fingerprint density at radius 1 is 1.33 bits per heavy atom. The Balaban J connectivity index is 0.00000320. The number of nitrogens with zero attached hydrogens (tertiary/aromatic N) is 5. The van der Waals surface area contributed by atoms with Crippen molar-refractivity contribution in [3.05, 3.63) is 42.2 Å². The zero-order valence-electron chi connectivity index (χ0n) is 17.9. The van der Waals surface area contributed by atoms with E-state index in [-0.39, 0.29) is 29.9 Å². The highest BCUT2D eigenvalue weighted by atomic mass is 127. The van der Waals surface area contributed by atoms with Crippen LogP contribution < -0.4 is 15.0 Å². The predicted octanol–water partition coefficient (Wildman–Crippen LogP) is 2.29. The molecule has 164 valence electrons. The van der Waals surface area contributed by atoms with Gasteiger partial charge in [-0.3, -0.25) is 14.5 Å². The van der Waals surface area contributed by atoms with Gasteiger partial charge in [-0.1, -0.05) is 19.1 Å². The molecule has 0 radical (unpaired) electrons. The highest BCUT2D eigenvalue weighted by molar-refractivity contribution is 14.0. The van der Waals surface area contributed by atoms with Gasteiger partial charge in [-0.25, -0.2) is 0 Å². The molecule has 30 heavy (non-hydrogen) atoms. The number of amides is 1. The van der Waals surface area contributed by atoms with E-state index in [1.807, 2.05) is 30.3 Å². The van der Waals surface area contributed by atoms with Gasteiger partial charge in [0.2, 0.25) is 5.91 Å². The molecule has 1 aromatic heterocycles. The SMILES string of the molecule is CCCOc1cccc(CCNC(=NC)N2CCN(c3cnn(C)c3)C(=O)C2)c1.I. The maximum atomic E-state index is 12.6. The largest absolute Gasteiger partial charge is 0.494 e. The van der Waals surface area contributed by atoms with Crippen molar-refractivity contribution in [1.82, 2.24) is 20.0 Å². The van der Waals surface area contributed by atoms with Crippen molar-refractivity contribution in [3.63, 3.8) is 0 Å². The second-order valence-corrected chi connectivity index (χ2v) is 7.06. The molecule has 1 aliphatic rings. The molecule has 0 bridgehead atoms. The van der Waals surface area contributed by atoms with Gasteiger partial charge < -0.3 is 19.9 Å². The molecule has 0 unspecified atom stereocenters. The van der Waals surface area contributed by atoms with Crippen LogP contribution in [-0.4, -0.2) is 66.4 Å². The number of aryl methyl sites for hydroxylation is 1. The predicted molar refractivity (Wildman–Crippen MR) is 130 cm³/mol. The first-order valence-electron chi connectivity index (χ1n) is 10.1. The van der Waals surface area contributed by atoms with Crippen molar-refractivity contribution in [3.8, 4) is 5.75 Å². The van der Waals surface area contributed by atoms with Crippen LogP contribution >= 0.6 is 24.0 Å². The van der Waals surface area contributed by atoms with Crippen LogP contribution in [0.25, 0.3) is 0 Å². The summed E-state index contributed by atoms with van der Waals surface area (Å²) in [6, 6.07) is 8.18. The number of piperazine rings is 1. The molecule has 2 heterocycles. The molecular formula is C21H31IN6O2. The van der Waals surface area contributed by atoms with Crippen molar-refractivity contribution < 1.29 is 9.53 Å². The lowest BCUT2D eigenvalue weighted by Gasteiger charge is -2.35. The molecular weight excluding hydrogens is 495 g/mol. The molecule has 2 aromatic rings. The molecule has 0 aliphatic carbocycles. The Hall–Kier alpha value is -2.30. The van der Waals surface area contributed by atoms with Crippen molar-refractivity contribution in [2.75, 3.05) is 44.7 Å². The van der Waals surface area contributed by atoms with E-state index < -0.39 is 0 Å². The van der Waals surface area contributed by atoms with E-state index in [0.717, 1.165) is 49.9 Å². The summed E-state index contributed by atoms with van der Waals surface area (Å²) in [5.74, 6) is 1.71. The second-order valence-electron chi connectivity index (χ2n) is 7.06. The highest BCUT2D eigenvalue weighted by Gasteiger charge is 2.27. The summed E-state index contributed by atoms with van der Waals surface area (Å²) >= 11 is 0. The molecule has 0 atom stereocenters. The molecule has 1 aromatic carbocycles. The minimum absolute atomic E-state index is 0. The van der Waals surface area contributed by atoms with E-state index in [9.17, 15) is 4.79 Å². The van der Waals surface area contributed by atoms with Crippen LogP contribution in [0.5, 0.6) is 5.75 Å². The topological polar surface area (TPSA) is 75.0 Å². The fourth-order valence-corrected chi connectivity index (χ4v) is 3.34. The number of aromatic nitrogens is 2. The van der Waals surface area contributed by atoms with Crippen LogP contribution in [0.3, 0.4) is 0 Å². The number of guanidine groups is 1. The van der Waals surface area contributed by atoms with Crippen LogP contribution in [0.15, 0.2) is 41.7 Å². The lowest BCUT2D eigenvalue weighted by Crippen LogP contribution is -2.55. The average molecular weight is 526 g/mol. The fourth-order valence-electron chi connectivity index (χ4n) is 3.34. The van der Waals surface area contributed by atoms with Crippen molar-refractivity contribution in [2.45, 2.75) is 19.8 Å². The third-order valence-corrected chi connectivity index (χ3v) is 4.80. The fraction of sp³-hybridized carbons (Fsp3) is 0.476. The minimum Gasteiger partial charge on any atom is -0.494 e. The summed E-state index contributed by atoms with van der Waals surface area (Å²) in [5, 5.41) is 7.53. The molecule has 1 fully saturated rings. The monoisotopic (exact) mass is 526 g/mol. The molecule has 1 N–H and O–H groups in total. The van der Waals surface area contributed by atoms with Gasteiger partial charge in [-0.15, -0.1) is 24.0 Å². The molecule has 0 saturated carbocycles. The standard InChI is InChI=1S/C21H30N6O2.HI/c1-4-12-29-19-7-5-6-17(13-19)8-9-23-21(22-2)26-10-11-27(20(28)16-26)18-14-24-25(3)15-18;/h5-7,13-15H,4,8-12,16H2,1-3H3,(H,22,23);1H. The molecule has 9 heteroatoms. The van der Waals surface area contributed by atoms with Crippen LogP contribution in [0.1, 0.15) is 18.9 Å². The molecule has 3 rings (SSSR count). The molecule has 1 amide bonds. The Bertz CT molecular complexity index is 854. The number of ether oxygens (including phenoxy) is 1. The average Bonchev–Trinajstić information content (AvgIpc) is 3.16. The summed E-state index contributed by atoms with van der Waals surface area (Å²) in [7, 11) is 3.60. The Kier molecular flexibility index (Phi) is 9.41. The first kappa shape index (κ1) is 24.0. The van der Waals surface area contributed by atoms with Gasteiger partial charge in [-0.2, -0.15) is 5.10 Å². The third-order valence-electron chi connectivity index (χ3n) is 4.80. The summed E-state index contributed by atoms with van der Waals surface area (Å²) in [4.78, 5) is 20.7. The Morgan fingerprint density at radius 2 is 2.17 bits per heavy atom. The summed E-state index contributed by atoms with van der Waals surface area (Å²) in [6.45, 7) is 5.20. The van der Waals surface area contributed by atoms with Gasteiger partial charge >= 0.3 is 0 Å². The van der Waals surface area contributed by atoms with Crippen LogP contribution in [0.4, 0.5) is 5.69 Å². The van der Waals surface area contributed by atoms with E-state index in [4.69, 9.17) is 4.74 Å². The number of carbonyl (C=O) groups is 1. The summed E-state index contributed by atoms with van der Waals surface area (Å²) in [5.41, 5.74) is 2.05. The number of hydrogen-bond acceptors (Lipinski definition) is 4. The normalized spacial score (nSPS) is 14.5. The first-order valence-corrected chi connectivity index (χ1v) is 10.1. The van der Waals surface area contributed by atoms with Crippen LogP contribution in [0.2, 0.25) is 0 Å². The number of aliphatic imine (C=N–C) groups is 1. The van der Waals surface area contributed by atoms with Gasteiger partial charge in [0, 0.05) is 39.9 Å². The lowest BCUT2D eigenvalue weighted by molar-refractivity contribution is -0.120. The molecule has 1 aliphatic heterocycles. The van der Waals surface area contributed by atoms with Gasteiger partial charge in [0.15, 0.2) is 5.96 Å². The van der Waals surface area contributed by atoms with E-state index in [2.05, 4.69) is 34.5 Å². The van der Waals surface area contributed by atoms with Crippen LogP contribution in [-0.2, 0) is 18.3 Å². The van der Waals surface area contributed by atoms with E-state index in [0.29, 0.717) is 13.1 Å². The summed E-state index contributed by atoms with van der Waals surface area (Å²) < 4.78 is 7.41. The minimum atomic E-state index is 0. The van der Waals surface area contributed by atoms with Gasteiger partial charge in [0.05, 0.1) is 18.5 Å². The van der Waals surface area contributed by atoms with E-state index >= 15 is 0 Å². The molecule has 0 spiro atoms. The zero-order chi connectivity index (χ0) is 20.6.